The van der Waals surface area contributed by atoms with Crippen LogP contribution < -0.4 is 10.1 Å². The first-order valence-electron chi connectivity index (χ1n) is 6.64. The van der Waals surface area contributed by atoms with Crippen molar-refractivity contribution < 1.29 is 17.9 Å². The van der Waals surface area contributed by atoms with Crippen LogP contribution in [0.3, 0.4) is 0 Å². The van der Waals surface area contributed by atoms with Crippen LogP contribution in [0.4, 0.5) is 13.2 Å². The number of hydrogen-bond donors (Lipinski definition) is 1. The molecule has 1 N–H and O–H groups in total. The largest absolute Gasteiger partial charge is 0.489 e. The second-order valence-electron chi connectivity index (χ2n) is 5.02. The van der Waals surface area contributed by atoms with Crippen molar-refractivity contribution in [2.75, 3.05) is 0 Å². The molecule has 21 heavy (non-hydrogen) atoms. The molecule has 2 aromatic rings. The highest BCUT2D eigenvalue weighted by Gasteiger charge is 2.30. The summed E-state index contributed by atoms with van der Waals surface area (Å²) in [4.78, 5) is 0. The molecule has 0 aliphatic carbocycles. The van der Waals surface area contributed by atoms with E-state index in [2.05, 4.69) is 17.4 Å². The van der Waals surface area contributed by atoms with Gasteiger partial charge in [-0.15, -0.1) is 0 Å². The maximum Gasteiger partial charge on any atom is 0.416 e. The van der Waals surface area contributed by atoms with Crippen molar-refractivity contribution in [1.82, 2.24) is 5.32 Å². The van der Waals surface area contributed by atoms with Crippen molar-refractivity contribution >= 4 is 0 Å². The van der Waals surface area contributed by atoms with Gasteiger partial charge in [0.1, 0.15) is 12.4 Å². The molecule has 110 valence electrons. The topological polar surface area (TPSA) is 21.3 Å². The van der Waals surface area contributed by atoms with Gasteiger partial charge in [0.2, 0.25) is 0 Å². The highest BCUT2D eigenvalue weighted by atomic mass is 19.4. The summed E-state index contributed by atoms with van der Waals surface area (Å²) in [6, 6.07) is 10.9. The smallest absolute Gasteiger partial charge is 0.416 e. The Kier molecular flexibility index (Phi) is 3.59. The lowest BCUT2D eigenvalue weighted by molar-refractivity contribution is -0.137. The standard InChI is InChI=1S/C16H14F3NO/c17-16(18,19)14-3-5-15(6-4-14)21-10-11-1-2-12-8-20-9-13(12)7-11/h1-7,20H,8-10H2. The van der Waals surface area contributed by atoms with E-state index < -0.39 is 11.7 Å². The first-order valence-corrected chi connectivity index (χ1v) is 6.64. The summed E-state index contributed by atoms with van der Waals surface area (Å²) in [5.74, 6) is 0.432. The minimum absolute atomic E-state index is 0.346. The molecule has 0 aromatic heterocycles. The monoisotopic (exact) mass is 293 g/mol. The van der Waals surface area contributed by atoms with E-state index >= 15 is 0 Å². The van der Waals surface area contributed by atoms with Gasteiger partial charge in [-0.05, 0) is 41.0 Å². The van der Waals surface area contributed by atoms with Crippen LogP contribution in [0.15, 0.2) is 42.5 Å². The van der Waals surface area contributed by atoms with Gasteiger partial charge in [0.25, 0.3) is 0 Å². The molecule has 0 bridgehead atoms. The van der Waals surface area contributed by atoms with Gasteiger partial charge in [-0.2, -0.15) is 13.2 Å². The lowest BCUT2D eigenvalue weighted by Gasteiger charge is -2.10. The molecule has 0 saturated heterocycles. The van der Waals surface area contributed by atoms with E-state index in [4.69, 9.17) is 4.74 Å². The number of fused-ring (bicyclic) bond motifs is 1. The predicted octanol–water partition coefficient (Wildman–Crippen LogP) is 3.89. The second kappa shape index (κ2) is 5.41. The third-order valence-electron chi connectivity index (χ3n) is 3.49. The Labute approximate surface area is 120 Å². The van der Waals surface area contributed by atoms with Crippen molar-refractivity contribution in [3.05, 3.63) is 64.7 Å². The zero-order chi connectivity index (χ0) is 14.9. The number of hydrogen-bond acceptors (Lipinski definition) is 2. The fourth-order valence-corrected chi connectivity index (χ4v) is 2.34. The first-order chi connectivity index (χ1) is 10.0. The van der Waals surface area contributed by atoms with Crippen molar-refractivity contribution in [3.63, 3.8) is 0 Å². The Morgan fingerprint density at radius 2 is 1.67 bits per heavy atom. The van der Waals surface area contributed by atoms with Gasteiger partial charge in [-0.1, -0.05) is 18.2 Å². The molecular formula is C16H14F3NO. The number of rotatable bonds is 3. The number of alkyl halides is 3. The molecule has 1 aliphatic heterocycles. The van der Waals surface area contributed by atoms with E-state index in [1.807, 2.05) is 6.07 Å². The summed E-state index contributed by atoms with van der Waals surface area (Å²) in [5.41, 5.74) is 2.88. The molecule has 0 spiro atoms. The highest BCUT2D eigenvalue weighted by molar-refractivity contribution is 5.35. The van der Waals surface area contributed by atoms with Gasteiger partial charge >= 0.3 is 6.18 Å². The summed E-state index contributed by atoms with van der Waals surface area (Å²) in [5, 5.41) is 3.26. The zero-order valence-electron chi connectivity index (χ0n) is 11.2. The van der Waals surface area contributed by atoms with E-state index in [1.165, 1.54) is 23.3 Å². The molecule has 2 nitrogen and oxygen atoms in total. The molecule has 0 unspecified atom stereocenters. The fraction of sp³-hybridized carbons (Fsp3) is 0.250. The van der Waals surface area contributed by atoms with Crippen molar-refractivity contribution in [2.45, 2.75) is 25.9 Å². The third-order valence-corrected chi connectivity index (χ3v) is 3.49. The summed E-state index contributed by atoms with van der Waals surface area (Å²) >= 11 is 0. The van der Waals surface area contributed by atoms with E-state index in [9.17, 15) is 13.2 Å². The van der Waals surface area contributed by atoms with E-state index in [1.54, 1.807) is 0 Å². The van der Waals surface area contributed by atoms with Gasteiger partial charge < -0.3 is 10.1 Å². The van der Waals surface area contributed by atoms with Crippen LogP contribution >= 0.6 is 0 Å². The molecule has 5 heteroatoms. The Hall–Kier alpha value is -2.01. The predicted molar refractivity (Wildman–Crippen MR) is 72.8 cm³/mol. The van der Waals surface area contributed by atoms with Crippen LogP contribution in [-0.2, 0) is 25.9 Å². The summed E-state index contributed by atoms with van der Waals surface area (Å²) in [6.07, 6.45) is -4.31. The molecule has 0 fully saturated rings. The molecule has 3 rings (SSSR count). The van der Waals surface area contributed by atoms with Crippen molar-refractivity contribution in [2.24, 2.45) is 0 Å². The van der Waals surface area contributed by atoms with Crippen molar-refractivity contribution in [3.8, 4) is 5.75 Å². The van der Waals surface area contributed by atoms with Gasteiger partial charge in [-0.25, -0.2) is 0 Å². The average Bonchev–Trinajstić information content (AvgIpc) is 2.92. The fourth-order valence-electron chi connectivity index (χ4n) is 2.34. The van der Waals surface area contributed by atoms with Gasteiger partial charge in [0, 0.05) is 13.1 Å². The van der Waals surface area contributed by atoms with Crippen LogP contribution in [0, 0.1) is 0 Å². The Bertz CT molecular complexity index is 635. The normalized spacial score (nSPS) is 14.0. The maximum atomic E-state index is 12.5. The zero-order valence-corrected chi connectivity index (χ0v) is 11.2. The quantitative estimate of drug-likeness (QED) is 0.927. The van der Waals surface area contributed by atoms with Crippen LogP contribution in [-0.4, -0.2) is 0 Å². The van der Waals surface area contributed by atoms with E-state index in [-0.39, 0.29) is 0 Å². The van der Waals surface area contributed by atoms with Crippen molar-refractivity contribution in [1.29, 1.82) is 0 Å². The van der Waals surface area contributed by atoms with Gasteiger partial charge in [0.05, 0.1) is 5.56 Å². The lowest BCUT2D eigenvalue weighted by Crippen LogP contribution is -2.04. The number of nitrogens with one attached hydrogen (secondary N) is 1. The number of benzene rings is 2. The molecule has 0 amide bonds. The Morgan fingerprint density at radius 1 is 0.952 bits per heavy atom. The average molecular weight is 293 g/mol. The Morgan fingerprint density at radius 3 is 2.38 bits per heavy atom. The highest BCUT2D eigenvalue weighted by Crippen LogP contribution is 2.30. The maximum absolute atomic E-state index is 12.5. The number of halogens is 3. The Balaban J connectivity index is 1.65. The summed E-state index contributed by atoms with van der Waals surface area (Å²) in [6.45, 7) is 2.08. The summed E-state index contributed by atoms with van der Waals surface area (Å²) < 4.78 is 42.9. The molecule has 0 atom stereocenters. The van der Waals surface area contributed by atoms with Crippen LogP contribution in [0.25, 0.3) is 0 Å². The molecular weight excluding hydrogens is 279 g/mol. The first kappa shape index (κ1) is 13.9. The molecule has 0 saturated carbocycles. The number of ether oxygens (including phenoxy) is 1. The summed E-state index contributed by atoms with van der Waals surface area (Å²) in [7, 11) is 0. The van der Waals surface area contributed by atoms with Crippen LogP contribution in [0.2, 0.25) is 0 Å². The molecule has 1 heterocycles. The molecule has 1 aliphatic rings. The second-order valence-corrected chi connectivity index (χ2v) is 5.02. The van der Waals surface area contributed by atoms with Crippen LogP contribution in [0.1, 0.15) is 22.3 Å². The van der Waals surface area contributed by atoms with Gasteiger partial charge in [-0.3, -0.25) is 0 Å². The molecule has 2 aromatic carbocycles. The van der Waals surface area contributed by atoms with E-state index in [0.717, 1.165) is 30.8 Å². The minimum Gasteiger partial charge on any atom is -0.489 e. The molecule has 0 radical (unpaired) electrons. The van der Waals surface area contributed by atoms with Crippen LogP contribution in [0.5, 0.6) is 5.75 Å². The SMILES string of the molecule is FC(F)(F)c1ccc(OCc2ccc3c(c2)CNC3)cc1. The van der Waals surface area contributed by atoms with Gasteiger partial charge in [0.15, 0.2) is 0 Å². The minimum atomic E-state index is -4.31. The lowest BCUT2D eigenvalue weighted by atomic mass is 10.1. The third kappa shape index (κ3) is 3.19. The van der Waals surface area contributed by atoms with E-state index in [0.29, 0.717) is 12.4 Å².